The van der Waals surface area contributed by atoms with Crippen molar-refractivity contribution < 1.29 is 0 Å². The molecule has 0 heterocycles. The Hall–Kier alpha value is -0.560. The molecule has 0 aromatic carbocycles. The average molecular weight is 235 g/mol. The number of rotatable bonds is 6. The maximum atomic E-state index is 2.52. The average Bonchev–Trinajstić information content (AvgIpc) is 2.51. The van der Waals surface area contributed by atoms with Crippen LogP contribution in [0.15, 0.2) is 22.3 Å². The van der Waals surface area contributed by atoms with Gasteiger partial charge in [-0.25, -0.2) is 0 Å². The Kier molecular flexibility index (Phi) is 5.45. The third kappa shape index (κ3) is 3.22. The maximum Gasteiger partial charge on any atom is -0.00126 e. The minimum Gasteiger partial charge on any atom is -0.304 e. The third-order valence-electron chi connectivity index (χ3n) is 4.62. The summed E-state index contributed by atoms with van der Waals surface area (Å²) < 4.78 is 0. The van der Waals surface area contributed by atoms with Gasteiger partial charge in [0.2, 0.25) is 0 Å². The number of hydrogen-bond donors (Lipinski definition) is 0. The number of hydrogen-bond acceptors (Lipinski definition) is 1. The standard InChI is InChI=1S/C16H29N/c1-7-17(8-2)11-9-10-16-14(5)12(3)13(4)15(16)6/h14H,7-11H2,1-6H3. The fraction of sp³-hybridized carbons (Fsp3) is 0.750. The van der Waals surface area contributed by atoms with Crippen LogP contribution in [-0.4, -0.2) is 24.5 Å². The summed E-state index contributed by atoms with van der Waals surface area (Å²) in [5.41, 5.74) is 6.37. The summed E-state index contributed by atoms with van der Waals surface area (Å²) in [5.74, 6) is 0.687. The minimum absolute atomic E-state index is 0.687. The molecule has 0 bridgehead atoms. The molecule has 1 atom stereocenters. The zero-order chi connectivity index (χ0) is 13.0. The molecule has 1 rings (SSSR count). The highest BCUT2D eigenvalue weighted by Gasteiger charge is 2.22. The first kappa shape index (κ1) is 14.5. The van der Waals surface area contributed by atoms with Crippen LogP contribution < -0.4 is 0 Å². The summed E-state index contributed by atoms with van der Waals surface area (Å²) in [5, 5.41) is 0. The van der Waals surface area contributed by atoms with Crippen molar-refractivity contribution in [1.29, 1.82) is 0 Å². The molecule has 1 aliphatic rings. The third-order valence-corrected chi connectivity index (χ3v) is 4.62. The van der Waals surface area contributed by atoms with Gasteiger partial charge in [-0.2, -0.15) is 0 Å². The highest BCUT2D eigenvalue weighted by molar-refractivity contribution is 5.46. The monoisotopic (exact) mass is 235 g/mol. The molecule has 17 heavy (non-hydrogen) atoms. The van der Waals surface area contributed by atoms with E-state index in [1.54, 1.807) is 16.7 Å². The SMILES string of the molecule is CCN(CC)CCCC1=C(C)C(C)=C(C)C1C. The largest absolute Gasteiger partial charge is 0.304 e. The molecule has 0 N–H and O–H groups in total. The van der Waals surface area contributed by atoms with Crippen LogP contribution in [0.4, 0.5) is 0 Å². The van der Waals surface area contributed by atoms with Crippen LogP contribution in [0.1, 0.15) is 54.4 Å². The van der Waals surface area contributed by atoms with E-state index < -0.39 is 0 Å². The minimum atomic E-state index is 0.687. The van der Waals surface area contributed by atoms with Crippen LogP contribution in [0.25, 0.3) is 0 Å². The van der Waals surface area contributed by atoms with Gasteiger partial charge in [-0.15, -0.1) is 0 Å². The van der Waals surface area contributed by atoms with Crippen molar-refractivity contribution in [2.45, 2.75) is 54.4 Å². The molecular formula is C16H29N. The van der Waals surface area contributed by atoms with Crippen LogP contribution >= 0.6 is 0 Å². The number of nitrogens with zero attached hydrogens (tertiary/aromatic N) is 1. The summed E-state index contributed by atoms with van der Waals surface area (Å²) in [7, 11) is 0. The van der Waals surface area contributed by atoms with Gasteiger partial charge in [-0.3, -0.25) is 0 Å². The Balaban J connectivity index is 2.49. The molecule has 1 nitrogen and oxygen atoms in total. The van der Waals surface area contributed by atoms with E-state index in [2.05, 4.69) is 46.4 Å². The topological polar surface area (TPSA) is 3.24 Å². The molecule has 1 heteroatoms. The smallest absolute Gasteiger partial charge is 0.00126 e. The highest BCUT2D eigenvalue weighted by atomic mass is 15.1. The van der Waals surface area contributed by atoms with Gasteiger partial charge in [0.05, 0.1) is 0 Å². The van der Waals surface area contributed by atoms with E-state index in [4.69, 9.17) is 0 Å². The first-order valence-electron chi connectivity index (χ1n) is 7.12. The predicted octanol–water partition coefficient (Wildman–Crippen LogP) is 4.41. The summed E-state index contributed by atoms with van der Waals surface area (Å²) in [6, 6.07) is 0. The molecule has 0 fully saturated rings. The highest BCUT2D eigenvalue weighted by Crippen LogP contribution is 2.38. The zero-order valence-corrected chi connectivity index (χ0v) is 12.6. The Morgan fingerprint density at radius 3 is 2.00 bits per heavy atom. The van der Waals surface area contributed by atoms with Gasteiger partial charge in [0, 0.05) is 0 Å². The number of allylic oxidation sites excluding steroid dienone is 4. The fourth-order valence-electron chi connectivity index (χ4n) is 2.88. The normalized spacial score (nSPS) is 21.0. The molecule has 0 aromatic heterocycles. The van der Waals surface area contributed by atoms with Gasteiger partial charge >= 0.3 is 0 Å². The maximum absolute atomic E-state index is 2.52. The van der Waals surface area contributed by atoms with E-state index in [-0.39, 0.29) is 0 Å². The van der Waals surface area contributed by atoms with Crippen molar-refractivity contribution in [1.82, 2.24) is 4.90 Å². The Morgan fingerprint density at radius 1 is 1.00 bits per heavy atom. The van der Waals surface area contributed by atoms with Crippen molar-refractivity contribution in [2.24, 2.45) is 5.92 Å². The molecule has 0 radical (unpaired) electrons. The molecule has 1 aliphatic carbocycles. The van der Waals surface area contributed by atoms with Crippen LogP contribution in [-0.2, 0) is 0 Å². The lowest BCUT2D eigenvalue weighted by atomic mass is 9.94. The fourth-order valence-corrected chi connectivity index (χ4v) is 2.88. The van der Waals surface area contributed by atoms with Crippen LogP contribution in [0, 0.1) is 5.92 Å². The van der Waals surface area contributed by atoms with E-state index in [0.29, 0.717) is 5.92 Å². The van der Waals surface area contributed by atoms with Crippen molar-refractivity contribution in [2.75, 3.05) is 19.6 Å². The van der Waals surface area contributed by atoms with E-state index >= 15 is 0 Å². The van der Waals surface area contributed by atoms with Gasteiger partial charge in [-0.1, -0.05) is 31.9 Å². The first-order chi connectivity index (χ1) is 8.02. The van der Waals surface area contributed by atoms with Gasteiger partial charge in [0.1, 0.15) is 0 Å². The molecule has 98 valence electrons. The van der Waals surface area contributed by atoms with Gasteiger partial charge in [-0.05, 0) is 70.3 Å². The second-order valence-electron chi connectivity index (χ2n) is 5.31. The summed E-state index contributed by atoms with van der Waals surface area (Å²) >= 11 is 0. The summed E-state index contributed by atoms with van der Waals surface area (Å²) in [4.78, 5) is 2.52. The second-order valence-corrected chi connectivity index (χ2v) is 5.31. The molecule has 0 spiro atoms. The van der Waals surface area contributed by atoms with E-state index in [9.17, 15) is 0 Å². The first-order valence-corrected chi connectivity index (χ1v) is 7.12. The van der Waals surface area contributed by atoms with E-state index in [1.807, 2.05) is 0 Å². The van der Waals surface area contributed by atoms with Gasteiger partial charge in [0.25, 0.3) is 0 Å². The molecule has 0 aliphatic heterocycles. The lowest BCUT2D eigenvalue weighted by molar-refractivity contribution is 0.299. The molecule has 0 saturated heterocycles. The van der Waals surface area contributed by atoms with E-state index in [1.165, 1.54) is 38.0 Å². The molecule has 0 aromatic rings. The van der Waals surface area contributed by atoms with E-state index in [0.717, 1.165) is 0 Å². The predicted molar refractivity (Wildman–Crippen MR) is 77.3 cm³/mol. The zero-order valence-electron chi connectivity index (χ0n) is 12.6. The van der Waals surface area contributed by atoms with Crippen LogP contribution in [0.5, 0.6) is 0 Å². The quantitative estimate of drug-likeness (QED) is 0.659. The van der Waals surface area contributed by atoms with Gasteiger partial charge < -0.3 is 4.90 Å². The van der Waals surface area contributed by atoms with Crippen molar-refractivity contribution >= 4 is 0 Å². The lowest BCUT2D eigenvalue weighted by Crippen LogP contribution is -2.24. The molecule has 0 amide bonds. The molecular weight excluding hydrogens is 206 g/mol. The van der Waals surface area contributed by atoms with Crippen LogP contribution in [0.3, 0.4) is 0 Å². The Labute approximate surface area is 108 Å². The second kappa shape index (κ2) is 6.39. The van der Waals surface area contributed by atoms with Crippen molar-refractivity contribution in [3.63, 3.8) is 0 Å². The summed E-state index contributed by atoms with van der Waals surface area (Å²) in [6.07, 6.45) is 2.58. The summed E-state index contributed by atoms with van der Waals surface area (Å²) in [6.45, 7) is 17.3. The van der Waals surface area contributed by atoms with Crippen LogP contribution in [0.2, 0.25) is 0 Å². The Morgan fingerprint density at radius 2 is 1.59 bits per heavy atom. The molecule has 0 saturated carbocycles. The van der Waals surface area contributed by atoms with Crippen molar-refractivity contribution in [3.05, 3.63) is 22.3 Å². The molecule has 1 unspecified atom stereocenters. The van der Waals surface area contributed by atoms with Crippen molar-refractivity contribution in [3.8, 4) is 0 Å². The van der Waals surface area contributed by atoms with Gasteiger partial charge in [0.15, 0.2) is 0 Å². The Bertz CT molecular complexity index is 318. The lowest BCUT2D eigenvalue weighted by Gasteiger charge is -2.19.